The molecule has 0 aromatic carbocycles. The molecule has 0 aromatic rings. The van der Waals surface area contributed by atoms with Crippen LogP contribution in [0, 0.1) is 0 Å². The van der Waals surface area contributed by atoms with Crippen molar-refractivity contribution < 1.29 is 9.53 Å². The topological polar surface area (TPSA) is 42.5 Å². The van der Waals surface area contributed by atoms with Crippen LogP contribution in [0.4, 0.5) is 0 Å². The molecule has 380 valence electrons. The van der Waals surface area contributed by atoms with E-state index in [9.17, 15) is 4.79 Å². The lowest BCUT2D eigenvalue weighted by Gasteiger charge is -2.36. The SMILES string of the molecule is C=C(CCCCCCCN(CCCCCCCCC)CCCCN1CCN(C(=O)CN(CC/C=C\CCCCC)CCN(CC/C=C\CCCCC)CC/C=C\CCCCC)CC1)OC. The van der Waals surface area contributed by atoms with E-state index < -0.39 is 0 Å². The minimum Gasteiger partial charge on any atom is -0.502 e. The van der Waals surface area contributed by atoms with E-state index >= 15 is 0 Å². The molecule has 1 aliphatic rings. The maximum atomic E-state index is 13.9. The van der Waals surface area contributed by atoms with Crippen LogP contribution in [-0.4, -0.2) is 129 Å². The van der Waals surface area contributed by atoms with Crippen molar-refractivity contribution in [3.8, 4) is 0 Å². The normalized spacial score (nSPS) is 13.9. The summed E-state index contributed by atoms with van der Waals surface area (Å²) < 4.78 is 5.24. The van der Waals surface area contributed by atoms with Gasteiger partial charge in [-0.1, -0.05) is 167 Å². The van der Waals surface area contributed by atoms with Crippen LogP contribution in [0.3, 0.4) is 0 Å². The van der Waals surface area contributed by atoms with Gasteiger partial charge in [0.05, 0.1) is 19.4 Å². The Bertz CT molecular complexity index is 1110. The number of carbonyl (C=O) groups is 1. The van der Waals surface area contributed by atoms with E-state index in [4.69, 9.17) is 4.74 Å². The summed E-state index contributed by atoms with van der Waals surface area (Å²) in [7, 11) is 1.73. The molecule has 65 heavy (non-hydrogen) atoms. The van der Waals surface area contributed by atoms with Crippen LogP contribution in [0.5, 0.6) is 0 Å². The first-order valence-corrected chi connectivity index (χ1v) is 28.3. The van der Waals surface area contributed by atoms with Gasteiger partial charge < -0.3 is 19.4 Å². The van der Waals surface area contributed by atoms with Crippen LogP contribution < -0.4 is 0 Å². The molecule has 7 heteroatoms. The number of hydrogen-bond donors (Lipinski definition) is 0. The number of nitrogens with zero attached hydrogens (tertiary/aromatic N) is 5. The van der Waals surface area contributed by atoms with Crippen molar-refractivity contribution in [3.05, 3.63) is 48.8 Å². The minimum absolute atomic E-state index is 0.328. The lowest BCUT2D eigenvalue weighted by Crippen LogP contribution is -2.51. The predicted molar refractivity (Wildman–Crippen MR) is 287 cm³/mol. The maximum Gasteiger partial charge on any atom is 0.236 e. The quantitative estimate of drug-likeness (QED) is 0.0344. The molecule has 0 atom stereocenters. The summed E-state index contributed by atoms with van der Waals surface area (Å²) in [5, 5.41) is 0. The lowest BCUT2D eigenvalue weighted by molar-refractivity contribution is -0.134. The van der Waals surface area contributed by atoms with Crippen molar-refractivity contribution in [3.63, 3.8) is 0 Å². The van der Waals surface area contributed by atoms with Crippen LogP contribution in [0.15, 0.2) is 48.8 Å². The van der Waals surface area contributed by atoms with Crippen molar-refractivity contribution in [2.75, 3.05) is 98.7 Å². The highest BCUT2D eigenvalue weighted by Gasteiger charge is 2.23. The Balaban J connectivity index is 2.68. The number of ether oxygens (including phenoxy) is 1. The Morgan fingerprint density at radius 2 is 0.831 bits per heavy atom. The second-order valence-corrected chi connectivity index (χ2v) is 19.5. The van der Waals surface area contributed by atoms with Gasteiger partial charge in [0.1, 0.15) is 0 Å². The van der Waals surface area contributed by atoms with E-state index in [0.717, 1.165) is 96.9 Å². The largest absolute Gasteiger partial charge is 0.502 e. The molecule has 1 heterocycles. The number of methoxy groups -OCH3 is 1. The summed E-state index contributed by atoms with van der Waals surface area (Å²) in [4.78, 5) is 26.6. The molecule has 7 nitrogen and oxygen atoms in total. The third-order valence-electron chi connectivity index (χ3n) is 13.6. The molecule has 0 N–H and O–H groups in total. The van der Waals surface area contributed by atoms with E-state index in [1.54, 1.807) is 7.11 Å². The number of unbranched alkanes of at least 4 members (excludes halogenated alkanes) is 20. The van der Waals surface area contributed by atoms with E-state index in [0.29, 0.717) is 12.5 Å². The molecule has 1 fully saturated rings. The Labute approximate surface area is 406 Å². The van der Waals surface area contributed by atoms with Crippen molar-refractivity contribution in [2.45, 2.75) is 220 Å². The molecule has 0 aromatic heterocycles. The monoisotopic (exact) mass is 910 g/mol. The van der Waals surface area contributed by atoms with Gasteiger partial charge in [-0.3, -0.25) is 14.6 Å². The van der Waals surface area contributed by atoms with Gasteiger partial charge in [-0.05, 0) is 116 Å². The fourth-order valence-electron chi connectivity index (χ4n) is 9.00. The number of amides is 1. The second-order valence-electron chi connectivity index (χ2n) is 19.5. The molecular formula is C58H111N5O2. The van der Waals surface area contributed by atoms with Crippen molar-refractivity contribution in [1.82, 2.24) is 24.5 Å². The molecule has 0 radical (unpaired) electrons. The zero-order valence-electron chi connectivity index (χ0n) is 44.3. The summed E-state index contributed by atoms with van der Waals surface area (Å²) in [6, 6.07) is 0. The zero-order valence-corrected chi connectivity index (χ0v) is 44.3. The molecule has 1 rings (SSSR count). The molecule has 0 bridgehead atoms. The smallest absolute Gasteiger partial charge is 0.236 e. The van der Waals surface area contributed by atoms with Crippen molar-refractivity contribution in [2.24, 2.45) is 0 Å². The van der Waals surface area contributed by atoms with Gasteiger partial charge in [0.15, 0.2) is 0 Å². The predicted octanol–water partition coefficient (Wildman–Crippen LogP) is 14.6. The highest BCUT2D eigenvalue weighted by molar-refractivity contribution is 5.78. The van der Waals surface area contributed by atoms with Crippen molar-refractivity contribution >= 4 is 5.91 Å². The van der Waals surface area contributed by atoms with Crippen LogP contribution in [0.1, 0.15) is 220 Å². The fourth-order valence-corrected chi connectivity index (χ4v) is 9.00. The number of piperazine rings is 1. The highest BCUT2D eigenvalue weighted by atomic mass is 16.5. The molecule has 1 aliphatic heterocycles. The van der Waals surface area contributed by atoms with Crippen LogP contribution in [0.25, 0.3) is 0 Å². The molecule has 0 spiro atoms. The molecule has 1 saturated heterocycles. The molecular weight excluding hydrogens is 799 g/mol. The summed E-state index contributed by atoms with van der Waals surface area (Å²) in [5.74, 6) is 1.25. The molecule has 0 aliphatic carbocycles. The maximum absolute atomic E-state index is 13.9. The number of rotatable bonds is 48. The lowest BCUT2D eigenvalue weighted by atomic mass is 10.1. The number of allylic oxidation sites excluding steroid dienone is 4. The van der Waals surface area contributed by atoms with E-state index in [2.05, 4.69) is 95.2 Å². The zero-order chi connectivity index (χ0) is 47.1. The van der Waals surface area contributed by atoms with Crippen LogP contribution in [0.2, 0.25) is 0 Å². The van der Waals surface area contributed by atoms with Gasteiger partial charge in [-0.2, -0.15) is 0 Å². The first-order chi connectivity index (χ1) is 32.0. The average molecular weight is 911 g/mol. The number of hydrogen-bond acceptors (Lipinski definition) is 6. The van der Waals surface area contributed by atoms with Crippen LogP contribution in [-0.2, 0) is 9.53 Å². The van der Waals surface area contributed by atoms with Crippen molar-refractivity contribution in [1.29, 1.82) is 0 Å². The standard InChI is InChI=1S/C58H111N5O2/c1-7-11-15-19-23-29-35-43-59(44-36-33-27-28-34-42-57(5)65-6)47-40-41-48-61-52-54-63(55-53-61)58(64)56-62(49-39-32-26-22-18-14-10-4)51-50-60(45-37-30-24-20-16-12-8-2)46-38-31-25-21-17-13-9-3/h24-26,30-32H,5,7-23,27-29,33-56H2,1-4,6H3/b30-24-,31-25-,32-26-. The Morgan fingerprint density at radius 1 is 0.446 bits per heavy atom. The van der Waals surface area contributed by atoms with Gasteiger partial charge >= 0.3 is 0 Å². The summed E-state index contributed by atoms with van der Waals surface area (Å²) >= 11 is 0. The van der Waals surface area contributed by atoms with Gasteiger partial charge in [0.2, 0.25) is 5.91 Å². The second kappa shape index (κ2) is 47.1. The van der Waals surface area contributed by atoms with E-state index in [1.165, 1.54) is 187 Å². The summed E-state index contributed by atoms with van der Waals surface area (Å²) in [6.45, 7) is 27.5. The van der Waals surface area contributed by atoms with Gasteiger partial charge in [0, 0.05) is 65.3 Å². The minimum atomic E-state index is 0.328. The molecule has 1 amide bonds. The average Bonchev–Trinajstić information content (AvgIpc) is 3.32. The van der Waals surface area contributed by atoms with Crippen LogP contribution >= 0.6 is 0 Å². The van der Waals surface area contributed by atoms with E-state index in [-0.39, 0.29) is 0 Å². The molecule has 0 saturated carbocycles. The summed E-state index contributed by atoms with van der Waals surface area (Å²) in [5.41, 5.74) is 0. The first kappa shape index (κ1) is 61.1. The molecule has 0 unspecified atom stereocenters. The van der Waals surface area contributed by atoms with Gasteiger partial charge in [-0.15, -0.1) is 0 Å². The Kier molecular flexibility index (Phi) is 44.3. The third kappa shape index (κ3) is 38.7. The first-order valence-electron chi connectivity index (χ1n) is 28.3. The van der Waals surface area contributed by atoms with E-state index in [1.807, 2.05) is 0 Å². The highest BCUT2D eigenvalue weighted by Crippen LogP contribution is 2.14. The Morgan fingerprint density at radius 3 is 1.32 bits per heavy atom. The summed E-state index contributed by atoms with van der Waals surface area (Å²) in [6.07, 6.45) is 52.5. The number of carbonyl (C=O) groups excluding carboxylic acids is 1. The third-order valence-corrected chi connectivity index (χ3v) is 13.6. The fraction of sp³-hybridized carbons (Fsp3) is 0.845. The van der Waals surface area contributed by atoms with Gasteiger partial charge in [0.25, 0.3) is 0 Å². The Hall–Kier alpha value is -1.93. The van der Waals surface area contributed by atoms with Gasteiger partial charge in [-0.25, -0.2) is 0 Å².